The zero-order valence-electron chi connectivity index (χ0n) is 18.0. The van der Waals surface area contributed by atoms with Crippen molar-refractivity contribution >= 4 is 22.9 Å². The Labute approximate surface area is 197 Å². The number of fused-ring (bicyclic) bond motifs is 2. The number of hydrogen-bond donors (Lipinski definition) is 4. The zero-order chi connectivity index (χ0) is 24.9. The van der Waals surface area contributed by atoms with Gasteiger partial charge in [0.2, 0.25) is 0 Å². The number of phenolic OH excluding ortho intramolecular Hbond substituents is 1. The molecule has 0 amide bonds. The molecule has 2 heterocycles. The third kappa shape index (κ3) is 3.99. The van der Waals surface area contributed by atoms with Gasteiger partial charge < -0.3 is 29.7 Å². The molecule has 0 bridgehead atoms. The molecule has 3 aliphatic rings. The quantitative estimate of drug-likeness (QED) is 0.322. The Morgan fingerprint density at radius 1 is 0.943 bits per heavy atom. The van der Waals surface area contributed by atoms with E-state index >= 15 is 0 Å². The van der Waals surface area contributed by atoms with Gasteiger partial charge in [-0.3, -0.25) is 4.79 Å². The molecular formula is C25H19NO9. The molecule has 0 saturated carbocycles. The standard InChI is InChI=1S/C25H19NO9/c27-13-2-5-16-19(10-13)34-20-11-14(28)3-6-17(20)23(16)15-4-1-12(9-18(15)24(31)32)25(33)35-26-21(29)7-8-22(26)30/h1-6,9-11,21-22,27,29-30H,7-8H2,(H,31,32). The summed E-state index contributed by atoms with van der Waals surface area (Å²) in [4.78, 5) is 41.9. The van der Waals surface area contributed by atoms with Crippen molar-refractivity contribution in [3.05, 3.63) is 75.9 Å². The number of rotatable bonds is 4. The van der Waals surface area contributed by atoms with E-state index in [1.807, 2.05) is 0 Å². The van der Waals surface area contributed by atoms with Gasteiger partial charge in [-0.25, -0.2) is 9.59 Å². The van der Waals surface area contributed by atoms with E-state index < -0.39 is 24.4 Å². The number of benzene rings is 3. The number of hydroxylamine groups is 2. The molecule has 2 unspecified atom stereocenters. The fraction of sp³-hybridized carbons (Fsp3) is 0.160. The highest BCUT2D eigenvalue weighted by atomic mass is 16.7. The van der Waals surface area contributed by atoms with Gasteiger partial charge in [0, 0.05) is 28.6 Å². The van der Waals surface area contributed by atoms with E-state index in [1.165, 1.54) is 42.5 Å². The van der Waals surface area contributed by atoms with Crippen molar-refractivity contribution in [2.45, 2.75) is 25.3 Å². The molecule has 1 saturated heterocycles. The number of phenols is 1. The summed E-state index contributed by atoms with van der Waals surface area (Å²) in [5.41, 5.74) is 0.726. The predicted molar refractivity (Wildman–Crippen MR) is 122 cm³/mol. The first-order chi connectivity index (χ1) is 16.7. The largest absolute Gasteiger partial charge is 0.508 e. The van der Waals surface area contributed by atoms with Crippen molar-refractivity contribution in [2.75, 3.05) is 0 Å². The van der Waals surface area contributed by atoms with Crippen molar-refractivity contribution < 1.29 is 39.3 Å². The molecule has 0 aromatic heterocycles. The molecule has 2 atom stereocenters. The summed E-state index contributed by atoms with van der Waals surface area (Å²) in [5.74, 6) is -2.15. The normalized spacial score (nSPS) is 18.2. The number of hydrogen-bond acceptors (Lipinski definition) is 9. The SMILES string of the molecule is O=C(ON1C(O)CCC1O)c1ccc(-c2c3ccc(=O)cc-3oc3cc(O)ccc23)c(C(=O)O)c1. The van der Waals surface area contributed by atoms with Gasteiger partial charge in [-0.05, 0) is 54.8 Å². The van der Waals surface area contributed by atoms with Gasteiger partial charge in [-0.2, -0.15) is 0 Å². The molecule has 1 aliphatic carbocycles. The second kappa shape index (κ2) is 8.51. The lowest BCUT2D eigenvalue weighted by atomic mass is 9.90. The molecule has 4 N–H and O–H groups in total. The summed E-state index contributed by atoms with van der Waals surface area (Å²) in [5, 5.41) is 40.9. The zero-order valence-corrected chi connectivity index (χ0v) is 18.0. The van der Waals surface area contributed by atoms with Gasteiger partial charge >= 0.3 is 11.9 Å². The number of aromatic hydroxyl groups is 1. The Balaban J connectivity index is 1.67. The molecule has 1 fully saturated rings. The van der Waals surface area contributed by atoms with Crippen LogP contribution in [0.2, 0.25) is 0 Å². The van der Waals surface area contributed by atoms with Crippen LogP contribution in [0.1, 0.15) is 33.6 Å². The first-order valence-corrected chi connectivity index (χ1v) is 10.7. The van der Waals surface area contributed by atoms with Gasteiger partial charge in [0.1, 0.15) is 29.5 Å². The van der Waals surface area contributed by atoms with Crippen molar-refractivity contribution in [3.8, 4) is 28.2 Å². The van der Waals surface area contributed by atoms with Gasteiger partial charge in [0.05, 0.1) is 11.1 Å². The molecule has 2 aromatic carbocycles. The van der Waals surface area contributed by atoms with Crippen LogP contribution in [0.15, 0.2) is 63.8 Å². The topological polar surface area (TPSA) is 158 Å². The Morgan fingerprint density at radius 2 is 1.66 bits per heavy atom. The number of aliphatic hydroxyl groups excluding tert-OH is 2. The van der Waals surface area contributed by atoms with Gasteiger partial charge in [-0.15, -0.1) is 0 Å². The van der Waals surface area contributed by atoms with Crippen LogP contribution in [-0.2, 0) is 4.84 Å². The molecule has 10 heteroatoms. The first kappa shape index (κ1) is 22.5. The van der Waals surface area contributed by atoms with Crippen LogP contribution in [0.5, 0.6) is 5.75 Å². The van der Waals surface area contributed by atoms with E-state index in [2.05, 4.69) is 0 Å². The van der Waals surface area contributed by atoms with Crippen molar-refractivity contribution in [3.63, 3.8) is 0 Å². The summed E-state index contributed by atoms with van der Waals surface area (Å²) in [6.45, 7) is 0. The van der Waals surface area contributed by atoms with E-state index in [1.54, 1.807) is 6.07 Å². The van der Waals surface area contributed by atoms with Gasteiger partial charge in [0.15, 0.2) is 5.43 Å². The summed E-state index contributed by atoms with van der Waals surface area (Å²) in [6, 6.07) is 12.4. The number of carboxylic acids is 1. The second-order valence-electron chi connectivity index (χ2n) is 8.16. The summed E-state index contributed by atoms with van der Waals surface area (Å²) < 4.78 is 5.79. The molecular weight excluding hydrogens is 458 g/mol. The Morgan fingerprint density at radius 3 is 2.37 bits per heavy atom. The predicted octanol–water partition coefficient (Wildman–Crippen LogP) is 2.77. The molecule has 35 heavy (non-hydrogen) atoms. The minimum absolute atomic E-state index is 0.0762. The molecule has 0 radical (unpaired) electrons. The smallest absolute Gasteiger partial charge is 0.357 e. The highest BCUT2D eigenvalue weighted by molar-refractivity contribution is 6.08. The minimum atomic E-state index is -1.32. The average Bonchev–Trinajstić information content (AvgIpc) is 3.14. The molecule has 5 rings (SSSR count). The number of aliphatic hydroxyl groups is 2. The van der Waals surface area contributed by atoms with E-state index in [-0.39, 0.29) is 52.1 Å². The lowest BCUT2D eigenvalue weighted by Gasteiger charge is -2.22. The monoisotopic (exact) mass is 477 g/mol. The van der Waals surface area contributed by atoms with E-state index in [0.29, 0.717) is 16.5 Å². The number of carboxylic acid groups (broad SMARTS) is 1. The van der Waals surface area contributed by atoms with E-state index in [9.17, 15) is 34.8 Å². The van der Waals surface area contributed by atoms with Crippen molar-refractivity contribution in [1.82, 2.24) is 5.06 Å². The first-order valence-electron chi connectivity index (χ1n) is 10.7. The minimum Gasteiger partial charge on any atom is -0.508 e. The molecule has 2 aromatic rings. The molecule has 10 nitrogen and oxygen atoms in total. The number of carbonyl (C=O) groups is 2. The van der Waals surface area contributed by atoms with E-state index in [0.717, 1.165) is 11.1 Å². The Hall–Kier alpha value is -4.25. The van der Waals surface area contributed by atoms with Gasteiger partial charge in [-0.1, -0.05) is 11.1 Å². The van der Waals surface area contributed by atoms with Crippen molar-refractivity contribution in [2.24, 2.45) is 0 Å². The van der Waals surface area contributed by atoms with E-state index in [4.69, 9.17) is 9.25 Å². The number of aromatic carboxylic acids is 1. The fourth-order valence-corrected chi connectivity index (χ4v) is 4.24. The summed E-state index contributed by atoms with van der Waals surface area (Å²) in [6.07, 6.45) is -1.90. The molecule has 0 spiro atoms. The van der Waals surface area contributed by atoms with Crippen LogP contribution in [0.25, 0.3) is 33.4 Å². The van der Waals surface area contributed by atoms with Crippen LogP contribution in [0, 0.1) is 0 Å². The van der Waals surface area contributed by atoms with Crippen LogP contribution in [0.4, 0.5) is 0 Å². The second-order valence-corrected chi connectivity index (χ2v) is 8.16. The maximum absolute atomic E-state index is 12.7. The summed E-state index contributed by atoms with van der Waals surface area (Å²) >= 11 is 0. The fourth-order valence-electron chi connectivity index (χ4n) is 4.24. The number of nitrogens with zero attached hydrogens (tertiary/aromatic N) is 1. The van der Waals surface area contributed by atoms with Gasteiger partial charge in [0.25, 0.3) is 0 Å². The van der Waals surface area contributed by atoms with Crippen LogP contribution in [-0.4, -0.2) is 49.9 Å². The maximum Gasteiger partial charge on any atom is 0.357 e. The highest BCUT2D eigenvalue weighted by Gasteiger charge is 2.34. The number of carbonyl (C=O) groups excluding carboxylic acids is 1. The summed E-state index contributed by atoms with van der Waals surface area (Å²) in [7, 11) is 0. The third-order valence-corrected chi connectivity index (χ3v) is 5.89. The lowest BCUT2D eigenvalue weighted by molar-refractivity contribution is -0.237. The maximum atomic E-state index is 12.7. The highest BCUT2D eigenvalue weighted by Crippen LogP contribution is 2.42. The lowest BCUT2D eigenvalue weighted by Crippen LogP contribution is -2.37. The average molecular weight is 477 g/mol. The van der Waals surface area contributed by atoms with Crippen molar-refractivity contribution in [1.29, 1.82) is 0 Å². The van der Waals surface area contributed by atoms with Crippen LogP contribution < -0.4 is 5.43 Å². The van der Waals surface area contributed by atoms with Crippen LogP contribution >= 0.6 is 0 Å². The molecule has 2 aliphatic heterocycles. The third-order valence-electron chi connectivity index (χ3n) is 5.89. The Kier molecular flexibility index (Phi) is 5.48. The van der Waals surface area contributed by atoms with Crippen LogP contribution in [0.3, 0.4) is 0 Å². The Bertz CT molecular complexity index is 1500. The molecule has 178 valence electrons.